The minimum absolute atomic E-state index is 0.113. The number of hydrogen-bond acceptors (Lipinski definition) is 4. The number of carbonyl (C=O) groups is 3. The Kier molecular flexibility index (Phi) is 5.07. The smallest absolute Gasteiger partial charge is 0.326 e. The lowest BCUT2D eigenvalue weighted by molar-refractivity contribution is -0.140. The average Bonchev–Trinajstić information content (AvgIpc) is 2.50. The molecule has 0 spiro atoms. The Morgan fingerprint density at radius 3 is 2.82 bits per heavy atom. The number of benzene rings is 1. The van der Waals surface area contributed by atoms with Crippen molar-refractivity contribution in [2.24, 2.45) is 5.92 Å². The third-order valence-electron chi connectivity index (χ3n) is 3.64. The van der Waals surface area contributed by atoms with E-state index in [0.717, 1.165) is 4.90 Å². The van der Waals surface area contributed by atoms with Gasteiger partial charge in [-0.1, -0.05) is 20.3 Å². The fourth-order valence-corrected chi connectivity index (χ4v) is 2.92. The van der Waals surface area contributed by atoms with Gasteiger partial charge in [0, 0.05) is 10.5 Å². The van der Waals surface area contributed by atoms with E-state index in [1.54, 1.807) is 25.1 Å². The van der Waals surface area contributed by atoms with Crippen molar-refractivity contribution >= 4 is 35.2 Å². The molecule has 6 nitrogen and oxygen atoms in total. The van der Waals surface area contributed by atoms with Gasteiger partial charge >= 0.3 is 5.97 Å². The van der Waals surface area contributed by atoms with Gasteiger partial charge in [0.05, 0.1) is 11.4 Å². The Morgan fingerprint density at radius 2 is 2.18 bits per heavy atom. The van der Waals surface area contributed by atoms with Crippen molar-refractivity contribution < 1.29 is 19.5 Å². The van der Waals surface area contributed by atoms with E-state index in [1.165, 1.54) is 11.8 Å². The van der Waals surface area contributed by atoms with Gasteiger partial charge in [-0.25, -0.2) is 4.79 Å². The van der Waals surface area contributed by atoms with E-state index in [9.17, 15) is 19.5 Å². The number of fused-ring (bicyclic) bond motifs is 1. The maximum absolute atomic E-state index is 12.3. The number of nitrogens with one attached hydrogen (secondary N) is 2. The summed E-state index contributed by atoms with van der Waals surface area (Å²) in [5.41, 5.74) is 0.917. The minimum atomic E-state index is -1.05. The van der Waals surface area contributed by atoms with Gasteiger partial charge in [-0.05, 0) is 24.1 Å². The third-order valence-corrected chi connectivity index (χ3v) is 4.71. The van der Waals surface area contributed by atoms with Gasteiger partial charge < -0.3 is 15.7 Å². The van der Waals surface area contributed by atoms with Crippen LogP contribution in [0.3, 0.4) is 0 Å². The Balaban J connectivity index is 2.17. The topological polar surface area (TPSA) is 95.5 Å². The SMILES string of the molecule is CCC(C)C(NC(=O)c1ccc2c(c1)NC(=O)CS2)C(=O)O. The van der Waals surface area contributed by atoms with Gasteiger partial charge in [0.15, 0.2) is 0 Å². The number of carbonyl (C=O) groups excluding carboxylic acids is 2. The molecule has 1 aromatic rings. The minimum Gasteiger partial charge on any atom is -0.480 e. The van der Waals surface area contributed by atoms with Gasteiger partial charge in [-0.3, -0.25) is 9.59 Å². The molecule has 1 heterocycles. The second kappa shape index (κ2) is 6.83. The molecule has 0 fully saturated rings. The zero-order valence-electron chi connectivity index (χ0n) is 12.4. The maximum Gasteiger partial charge on any atom is 0.326 e. The van der Waals surface area contributed by atoms with Gasteiger partial charge in [0.25, 0.3) is 5.91 Å². The van der Waals surface area contributed by atoms with E-state index < -0.39 is 17.9 Å². The second-order valence-corrected chi connectivity index (χ2v) is 6.24. The quantitative estimate of drug-likeness (QED) is 0.770. The number of rotatable bonds is 5. The first kappa shape index (κ1) is 16.4. The van der Waals surface area contributed by atoms with Crippen LogP contribution in [0.15, 0.2) is 23.1 Å². The highest BCUT2D eigenvalue weighted by atomic mass is 32.2. The van der Waals surface area contributed by atoms with E-state index in [1.807, 2.05) is 6.92 Å². The number of anilines is 1. The number of aliphatic carboxylic acids is 1. The molecule has 1 aliphatic heterocycles. The van der Waals surface area contributed by atoms with Crippen molar-refractivity contribution in [3.05, 3.63) is 23.8 Å². The van der Waals surface area contributed by atoms with Crippen molar-refractivity contribution in [3.63, 3.8) is 0 Å². The Labute approximate surface area is 132 Å². The Hall–Kier alpha value is -2.02. The highest BCUT2D eigenvalue weighted by Crippen LogP contribution is 2.32. The standard InChI is InChI=1S/C15H18N2O4S/c1-3-8(2)13(15(20)21)17-14(19)9-4-5-11-10(6-9)16-12(18)7-22-11/h4-6,8,13H,3,7H2,1-2H3,(H,16,18)(H,17,19)(H,20,21). The second-order valence-electron chi connectivity index (χ2n) is 5.22. The number of thioether (sulfide) groups is 1. The molecule has 1 aromatic carbocycles. The van der Waals surface area contributed by atoms with Gasteiger partial charge in [0.1, 0.15) is 6.04 Å². The fourth-order valence-electron chi connectivity index (χ4n) is 2.13. The first-order chi connectivity index (χ1) is 10.4. The summed E-state index contributed by atoms with van der Waals surface area (Å²) in [6.45, 7) is 3.65. The summed E-state index contributed by atoms with van der Waals surface area (Å²) in [7, 11) is 0. The Bertz CT molecular complexity index is 618. The molecule has 2 unspecified atom stereocenters. The van der Waals surface area contributed by atoms with Crippen molar-refractivity contribution in [1.82, 2.24) is 5.32 Å². The molecule has 0 aromatic heterocycles. The molecule has 118 valence electrons. The van der Waals surface area contributed by atoms with Crippen molar-refractivity contribution in [2.45, 2.75) is 31.2 Å². The van der Waals surface area contributed by atoms with Crippen molar-refractivity contribution in [1.29, 1.82) is 0 Å². The molecule has 3 N–H and O–H groups in total. The molecule has 2 amide bonds. The van der Waals surface area contributed by atoms with Crippen LogP contribution in [0.4, 0.5) is 5.69 Å². The van der Waals surface area contributed by atoms with Crippen LogP contribution in [0.2, 0.25) is 0 Å². The molecular formula is C15H18N2O4S. The van der Waals surface area contributed by atoms with Crippen LogP contribution in [0.1, 0.15) is 30.6 Å². The van der Waals surface area contributed by atoms with Crippen molar-refractivity contribution in [2.75, 3.05) is 11.1 Å². The summed E-state index contributed by atoms with van der Waals surface area (Å²) in [6.07, 6.45) is 0.647. The summed E-state index contributed by atoms with van der Waals surface area (Å²) >= 11 is 1.41. The predicted molar refractivity (Wildman–Crippen MR) is 84.1 cm³/mol. The summed E-state index contributed by atoms with van der Waals surface area (Å²) in [5.74, 6) is -1.44. The lowest BCUT2D eigenvalue weighted by atomic mass is 9.99. The van der Waals surface area contributed by atoms with Gasteiger partial charge in [0.2, 0.25) is 5.91 Å². The molecule has 0 aliphatic carbocycles. The summed E-state index contributed by atoms with van der Waals surface area (Å²) in [6, 6.07) is 4.03. The predicted octanol–water partition coefficient (Wildman–Crippen LogP) is 1.96. The van der Waals surface area contributed by atoms with Gasteiger partial charge in [-0.2, -0.15) is 0 Å². The maximum atomic E-state index is 12.3. The summed E-state index contributed by atoms with van der Waals surface area (Å²) < 4.78 is 0. The lowest BCUT2D eigenvalue weighted by Gasteiger charge is -2.21. The lowest BCUT2D eigenvalue weighted by Crippen LogP contribution is -2.45. The molecule has 0 radical (unpaired) electrons. The number of carboxylic acid groups (broad SMARTS) is 1. The fraction of sp³-hybridized carbons (Fsp3) is 0.400. The van der Waals surface area contributed by atoms with E-state index >= 15 is 0 Å². The van der Waals surface area contributed by atoms with Crippen molar-refractivity contribution in [3.8, 4) is 0 Å². The summed E-state index contributed by atoms with van der Waals surface area (Å²) in [4.78, 5) is 35.8. The van der Waals surface area contributed by atoms with Crippen LogP contribution < -0.4 is 10.6 Å². The Morgan fingerprint density at radius 1 is 1.45 bits per heavy atom. The molecule has 0 bridgehead atoms. The zero-order valence-corrected chi connectivity index (χ0v) is 13.2. The molecule has 1 aliphatic rings. The van der Waals surface area contributed by atoms with E-state index in [-0.39, 0.29) is 11.8 Å². The highest BCUT2D eigenvalue weighted by Gasteiger charge is 2.26. The number of hydrogen-bond donors (Lipinski definition) is 3. The third kappa shape index (κ3) is 3.59. The van der Waals surface area contributed by atoms with Crippen LogP contribution in [-0.4, -0.2) is 34.7 Å². The van der Waals surface area contributed by atoms with Crippen LogP contribution >= 0.6 is 11.8 Å². The first-order valence-electron chi connectivity index (χ1n) is 7.02. The molecule has 0 saturated heterocycles. The van der Waals surface area contributed by atoms with E-state index in [0.29, 0.717) is 23.4 Å². The van der Waals surface area contributed by atoms with Crippen LogP contribution in [0, 0.1) is 5.92 Å². The largest absolute Gasteiger partial charge is 0.480 e. The first-order valence-corrected chi connectivity index (χ1v) is 8.01. The van der Waals surface area contributed by atoms with Crippen LogP contribution in [-0.2, 0) is 9.59 Å². The van der Waals surface area contributed by atoms with Crippen LogP contribution in [0.25, 0.3) is 0 Å². The molecular weight excluding hydrogens is 304 g/mol. The van der Waals surface area contributed by atoms with E-state index in [2.05, 4.69) is 10.6 Å². The molecule has 2 atom stereocenters. The molecule has 2 rings (SSSR count). The van der Waals surface area contributed by atoms with Gasteiger partial charge in [-0.15, -0.1) is 11.8 Å². The van der Waals surface area contributed by atoms with E-state index in [4.69, 9.17) is 0 Å². The molecule has 0 saturated carbocycles. The number of carboxylic acids is 1. The number of amides is 2. The zero-order chi connectivity index (χ0) is 16.3. The molecule has 22 heavy (non-hydrogen) atoms. The van der Waals surface area contributed by atoms with Crippen LogP contribution in [0.5, 0.6) is 0 Å². The summed E-state index contributed by atoms with van der Waals surface area (Å²) in [5, 5.41) is 14.5. The highest BCUT2D eigenvalue weighted by molar-refractivity contribution is 8.00. The normalized spacial score (nSPS) is 16.2. The monoisotopic (exact) mass is 322 g/mol. The molecule has 7 heteroatoms. The average molecular weight is 322 g/mol.